The fraction of sp³-hybridized carbons (Fsp3) is 0.667. The minimum atomic E-state index is -0.0501. The Morgan fingerprint density at radius 3 is 2.60 bits per heavy atom. The summed E-state index contributed by atoms with van der Waals surface area (Å²) in [5, 5.41) is 7.68. The fourth-order valence-corrected chi connectivity index (χ4v) is 3.19. The summed E-state index contributed by atoms with van der Waals surface area (Å²) < 4.78 is 11.1. The van der Waals surface area contributed by atoms with Gasteiger partial charge in [0.15, 0.2) is 5.82 Å². The normalized spacial score (nSPS) is 20.0. The number of rotatable bonds is 6. The predicted molar refractivity (Wildman–Crippen MR) is 92.3 cm³/mol. The van der Waals surface area contributed by atoms with Crippen LogP contribution in [0.2, 0.25) is 0 Å². The number of nitrogens with one attached hydrogen (secondary N) is 1. The molecule has 2 fully saturated rings. The summed E-state index contributed by atoms with van der Waals surface area (Å²) >= 11 is 0. The molecule has 0 spiro atoms. The highest BCUT2D eigenvalue weighted by Crippen LogP contribution is 2.38. The maximum Gasteiger partial charge on any atom is 0.249 e. The van der Waals surface area contributed by atoms with Gasteiger partial charge in [-0.15, -0.1) is 0 Å². The fourth-order valence-electron chi connectivity index (χ4n) is 3.19. The molecule has 0 radical (unpaired) electrons. The quantitative estimate of drug-likeness (QED) is 0.859. The summed E-state index contributed by atoms with van der Waals surface area (Å²) in [7, 11) is 0. The highest BCUT2D eigenvalue weighted by molar-refractivity contribution is 5.36. The van der Waals surface area contributed by atoms with Crippen LogP contribution in [0.1, 0.15) is 74.9 Å². The van der Waals surface area contributed by atoms with Crippen LogP contribution in [0, 0.1) is 5.92 Å². The van der Waals surface area contributed by atoms with E-state index in [9.17, 15) is 0 Å². The van der Waals surface area contributed by atoms with Gasteiger partial charge in [-0.05, 0) is 37.7 Å². The Morgan fingerprint density at radius 1 is 1.12 bits per heavy atom. The van der Waals surface area contributed by atoms with Crippen LogP contribution in [-0.4, -0.2) is 33.3 Å². The molecule has 2 aromatic rings. The van der Waals surface area contributed by atoms with Gasteiger partial charge in [-0.25, -0.2) is 9.97 Å². The summed E-state index contributed by atoms with van der Waals surface area (Å²) in [5.41, 5.74) is 0. The largest absolute Gasteiger partial charge is 0.381 e. The SMILES string of the molecule is CC(C)c1noc(C(Nc2ccnc(C3CC3)n2)C2CCOCC2)n1. The molecule has 134 valence electrons. The van der Waals surface area contributed by atoms with E-state index in [-0.39, 0.29) is 12.0 Å². The molecule has 1 atom stereocenters. The first-order chi connectivity index (χ1) is 12.2. The van der Waals surface area contributed by atoms with Crippen molar-refractivity contribution in [3.63, 3.8) is 0 Å². The second-order valence-corrected chi connectivity index (χ2v) is 7.29. The van der Waals surface area contributed by atoms with Gasteiger partial charge in [0, 0.05) is 31.2 Å². The van der Waals surface area contributed by atoms with Crippen molar-refractivity contribution in [2.75, 3.05) is 18.5 Å². The van der Waals surface area contributed by atoms with Crippen LogP contribution in [0.5, 0.6) is 0 Å². The predicted octanol–water partition coefficient (Wildman–Crippen LogP) is 3.44. The van der Waals surface area contributed by atoms with Crippen molar-refractivity contribution in [1.29, 1.82) is 0 Å². The molecule has 25 heavy (non-hydrogen) atoms. The Morgan fingerprint density at radius 2 is 1.92 bits per heavy atom. The zero-order valence-electron chi connectivity index (χ0n) is 14.8. The molecule has 4 rings (SSSR count). The first kappa shape index (κ1) is 16.4. The monoisotopic (exact) mass is 343 g/mol. The van der Waals surface area contributed by atoms with E-state index in [0.29, 0.717) is 17.7 Å². The van der Waals surface area contributed by atoms with E-state index in [1.165, 1.54) is 12.8 Å². The molecule has 2 aromatic heterocycles. The highest BCUT2D eigenvalue weighted by Gasteiger charge is 2.31. The molecule has 1 aliphatic heterocycles. The maximum absolute atomic E-state index is 5.60. The molecule has 1 saturated carbocycles. The average Bonchev–Trinajstić information content (AvgIpc) is 3.37. The molecule has 3 heterocycles. The van der Waals surface area contributed by atoms with E-state index in [1.54, 1.807) is 0 Å². The summed E-state index contributed by atoms with van der Waals surface area (Å²) in [5.74, 6) is 4.31. The number of hydrogen-bond acceptors (Lipinski definition) is 7. The van der Waals surface area contributed by atoms with Gasteiger partial charge < -0.3 is 14.6 Å². The van der Waals surface area contributed by atoms with Crippen molar-refractivity contribution < 1.29 is 9.26 Å². The summed E-state index contributed by atoms with van der Waals surface area (Å²) in [4.78, 5) is 13.7. The van der Waals surface area contributed by atoms with Crippen LogP contribution >= 0.6 is 0 Å². The lowest BCUT2D eigenvalue weighted by molar-refractivity contribution is 0.0570. The van der Waals surface area contributed by atoms with Crippen molar-refractivity contribution in [3.05, 3.63) is 29.8 Å². The van der Waals surface area contributed by atoms with Gasteiger partial charge in [0.2, 0.25) is 5.89 Å². The Labute approximate surface area is 147 Å². The second-order valence-electron chi connectivity index (χ2n) is 7.29. The van der Waals surface area contributed by atoms with Crippen molar-refractivity contribution in [2.45, 2.75) is 57.4 Å². The molecular weight excluding hydrogens is 318 g/mol. The van der Waals surface area contributed by atoms with Crippen molar-refractivity contribution >= 4 is 5.82 Å². The minimum Gasteiger partial charge on any atom is -0.381 e. The van der Waals surface area contributed by atoms with Crippen LogP contribution in [-0.2, 0) is 4.74 Å². The van der Waals surface area contributed by atoms with Gasteiger partial charge in [-0.2, -0.15) is 4.98 Å². The summed E-state index contributed by atoms with van der Waals surface area (Å²) in [6, 6.07) is 1.86. The van der Waals surface area contributed by atoms with Gasteiger partial charge in [-0.3, -0.25) is 0 Å². The third-order valence-electron chi connectivity index (χ3n) is 4.90. The molecule has 1 saturated heterocycles. The zero-order valence-corrected chi connectivity index (χ0v) is 14.8. The van der Waals surface area contributed by atoms with E-state index in [0.717, 1.165) is 43.5 Å². The number of anilines is 1. The van der Waals surface area contributed by atoms with Crippen LogP contribution in [0.3, 0.4) is 0 Å². The molecular formula is C18H25N5O2. The van der Waals surface area contributed by atoms with Gasteiger partial charge in [-0.1, -0.05) is 19.0 Å². The molecule has 0 bridgehead atoms. The van der Waals surface area contributed by atoms with Gasteiger partial charge in [0.25, 0.3) is 0 Å². The van der Waals surface area contributed by atoms with Gasteiger partial charge >= 0.3 is 0 Å². The Kier molecular flexibility index (Phi) is 4.65. The molecule has 0 amide bonds. The lowest BCUT2D eigenvalue weighted by Crippen LogP contribution is -2.27. The number of aromatic nitrogens is 4. The van der Waals surface area contributed by atoms with Crippen LogP contribution < -0.4 is 5.32 Å². The van der Waals surface area contributed by atoms with Crippen molar-refractivity contribution in [3.8, 4) is 0 Å². The first-order valence-electron chi connectivity index (χ1n) is 9.21. The van der Waals surface area contributed by atoms with Crippen LogP contribution in [0.25, 0.3) is 0 Å². The lowest BCUT2D eigenvalue weighted by Gasteiger charge is -2.29. The van der Waals surface area contributed by atoms with Crippen LogP contribution in [0.4, 0.5) is 5.82 Å². The summed E-state index contributed by atoms with van der Waals surface area (Å²) in [6.45, 7) is 5.67. The lowest BCUT2D eigenvalue weighted by atomic mass is 9.91. The summed E-state index contributed by atoms with van der Waals surface area (Å²) in [6.07, 6.45) is 6.15. The third-order valence-corrected chi connectivity index (χ3v) is 4.90. The average molecular weight is 343 g/mol. The molecule has 7 heteroatoms. The molecule has 1 N–H and O–H groups in total. The number of hydrogen-bond donors (Lipinski definition) is 1. The molecule has 1 unspecified atom stereocenters. The van der Waals surface area contributed by atoms with E-state index >= 15 is 0 Å². The highest BCUT2D eigenvalue weighted by atomic mass is 16.5. The second kappa shape index (κ2) is 7.07. The van der Waals surface area contributed by atoms with Crippen molar-refractivity contribution in [2.24, 2.45) is 5.92 Å². The third kappa shape index (κ3) is 3.81. The molecule has 0 aromatic carbocycles. The van der Waals surface area contributed by atoms with E-state index in [4.69, 9.17) is 14.2 Å². The van der Waals surface area contributed by atoms with Crippen LogP contribution in [0.15, 0.2) is 16.8 Å². The standard InChI is InChI=1S/C18H25N5O2/c1-11(2)16-22-18(25-23-16)15(12-6-9-24-10-7-12)20-14-5-8-19-17(21-14)13-3-4-13/h5,8,11-13,15H,3-4,6-7,9-10H2,1-2H3,(H,19,20,21). The van der Waals surface area contributed by atoms with E-state index < -0.39 is 0 Å². The number of ether oxygens (including phenoxy) is 1. The van der Waals surface area contributed by atoms with Gasteiger partial charge in [0.05, 0.1) is 0 Å². The smallest absolute Gasteiger partial charge is 0.249 e. The zero-order chi connectivity index (χ0) is 17.2. The molecule has 2 aliphatic rings. The molecule has 7 nitrogen and oxygen atoms in total. The Bertz CT molecular complexity index is 707. The number of nitrogens with zero attached hydrogens (tertiary/aromatic N) is 4. The van der Waals surface area contributed by atoms with Gasteiger partial charge in [0.1, 0.15) is 17.7 Å². The topological polar surface area (TPSA) is 86.0 Å². The van der Waals surface area contributed by atoms with E-state index in [1.807, 2.05) is 12.3 Å². The Hall–Kier alpha value is -2.02. The van der Waals surface area contributed by atoms with E-state index in [2.05, 4.69) is 34.3 Å². The van der Waals surface area contributed by atoms with Crippen molar-refractivity contribution in [1.82, 2.24) is 20.1 Å². The maximum atomic E-state index is 5.60. The minimum absolute atomic E-state index is 0.0501. The first-order valence-corrected chi connectivity index (χ1v) is 9.21. The molecule has 1 aliphatic carbocycles. The Balaban J connectivity index is 1.58.